The number of Topliss-reactive ketones (excluding diaryl/α,β-unsaturated/α-hetero) is 1. The van der Waals surface area contributed by atoms with E-state index in [4.69, 9.17) is 10.5 Å². The van der Waals surface area contributed by atoms with E-state index in [-0.39, 0.29) is 12.4 Å². The van der Waals surface area contributed by atoms with Crippen LogP contribution >= 0.6 is 11.3 Å². The Morgan fingerprint density at radius 3 is 2.75 bits per heavy atom. The number of nitrogen functional groups attached to an aromatic ring is 1. The summed E-state index contributed by atoms with van der Waals surface area (Å²) in [5, 5.41) is 1.87. The summed E-state index contributed by atoms with van der Waals surface area (Å²) in [6.07, 6.45) is 0. The van der Waals surface area contributed by atoms with E-state index in [0.717, 1.165) is 0 Å². The molecule has 2 rings (SSSR count). The van der Waals surface area contributed by atoms with Gasteiger partial charge in [-0.2, -0.15) is 0 Å². The summed E-state index contributed by atoms with van der Waals surface area (Å²) in [7, 11) is 0. The monoisotopic (exact) mass is 233 g/mol. The summed E-state index contributed by atoms with van der Waals surface area (Å²) in [5.41, 5.74) is 6.23. The van der Waals surface area contributed by atoms with Crippen molar-refractivity contribution in [3.63, 3.8) is 0 Å². The van der Waals surface area contributed by atoms with Crippen molar-refractivity contribution in [3.05, 3.63) is 46.7 Å². The number of rotatable bonds is 4. The molecule has 0 saturated heterocycles. The van der Waals surface area contributed by atoms with Gasteiger partial charge in [0.05, 0.1) is 10.6 Å². The largest absolute Gasteiger partial charge is 0.483 e. The number of ketones is 1. The molecule has 0 bridgehead atoms. The first-order valence-corrected chi connectivity index (χ1v) is 5.69. The summed E-state index contributed by atoms with van der Waals surface area (Å²) in [6, 6.07) is 10.8. The molecular formula is C12H11NO2S. The molecule has 0 aliphatic carbocycles. The molecule has 0 radical (unpaired) electrons. The van der Waals surface area contributed by atoms with Gasteiger partial charge in [-0.05, 0) is 23.6 Å². The van der Waals surface area contributed by atoms with Crippen LogP contribution in [-0.2, 0) is 0 Å². The van der Waals surface area contributed by atoms with E-state index in [9.17, 15) is 4.79 Å². The molecule has 0 fully saturated rings. The average Bonchev–Trinajstić information content (AvgIpc) is 2.81. The van der Waals surface area contributed by atoms with E-state index < -0.39 is 0 Å². The molecule has 0 unspecified atom stereocenters. The van der Waals surface area contributed by atoms with E-state index in [0.29, 0.717) is 16.3 Å². The van der Waals surface area contributed by atoms with Crippen LogP contribution in [-0.4, -0.2) is 12.4 Å². The summed E-state index contributed by atoms with van der Waals surface area (Å²) >= 11 is 1.41. The van der Waals surface area contributed by atoms with Crippen molar-refractivity contribution in [1.82, 2.24) is 0 Å². The summed E-state index contributed by atoms with van der Waals surface area (Å²) in [4.78, 5) is 12.3. The second-order valence-electron chi connectivity index (χ2n) is 3.23. The van der Waals surface area contributed by atoms with Gasteiger partial charge in [-0.25, -0.2) is 0 Å². The Bertz CT molecular complexity index is 480. The van der Waals surface area contributed by atoms with Crippen LogP contribution in [0.4, 0.5) is 5.69 Å². The van der Waals surface area contributed by atoms with Gasteiger partial charge >= 0.3 is 0 Å². The minimum atomic E-state index is -0.0294. The van der Waals surface area contributed by atoms with Crippen LogP contribution in [0.25, 0.3) is 0 Å². The molecule has 1 aromatic carbocycles. The minimum absolute atomic E-state index is 0.0225. The van der Waals surface area contributed by atoms with E-state index >= 15 is 0 Å². The molecule has 0 amide bonds. The fourth-order valence-corrected chi connectivity index (χ4v) is 1.91. The van der Waals surface area contributed by atoms with E-state index in [2.05, 4.69) is 0 Å². The van der Waals surface area contributed by atoms with Crippen molar-refractivity contribution < 1.29 is 9.53 Å². The summed E-state index contributed by atoms with van der Waals surface area (Å²) in [5.74, 6) is 0.519. The Balaban J connectivity index is 1.98. The molecule has 0 saturated carbocycles. The maximum absolute atomic E-state index is 11.6. The summed E-state index contributed by atoms with van der Waals surface area (Å²) < 4.78 is 5.35. The van der Waals surface area contributed by atoms with Crippen molar-refractivity contribution in [2.45, 2.75) is 0 Å². The number of carbonyl (C=O) groups excluding carboxylic acids is 1. The molecule has 0 spiro atoms. The molecule has 3 nitrogen and oxygen atoms in total. The maximum Gasteiger partial charge on any atom is 0.210 e. The Morgan fingerprint density at radius 2 is 2.06 bits per heavy atom. The van der Waals surface area contributed by atoms with Crippen LogP contribution in [0.1, 0.15) is 9.67 Å². The van der Waals surface area contributed by atoms with Crippen molar-refractivity contribution in [2.75, 3.05) is 12.3 Å². The molecule has 2 N–H and O–H groups in total. The Morgan fingerprint density at radius 1 is 1.25 bits per heavy atom. The number of benzene rings is 1. The van der Waals surface area contributed by atoms with Gasteiger partial charge in [-0.15, -0.1) is 11.3 Å². The van der Waals surface area contributed by atoms with Gasteiger partial charge in [-0.1, -0.05) is 18.2 Å². The van der Waals surface area contributed by atoms with Crippen LogP contribution in [0.3, 0.4) is 0 Å². The van der Waals surface area contributed by atoms with Crippen LogP contribution in [0.2, 0.25) is 0 Å². The Kier molecular flexibility index (Phi) is 3.22. The zero-order valence-electron chi connectivity index (χ0n) is 8.55. The average molecular weight is 233 g/mol. The zero-order valence-corrected chi connectivity index (χ0v) is 9.37. The molecule has 0 aliphatic heterocycles. The lowest BCUT2D eigenvalue weighted by Gasteiger charge is -2.06. The fraction of sp³-hybridized carbons (Fsp3) is 0.0833. The highest BCUT2D eigenvalue weighted by molar-refractivity contribution is 7.12. The van der Waals surface area contributed by atoms with E-state index in [1.165, 1.54) is 11.3 Å². The minimum Gasteiger partial charge on any atom is -0.483 e. The highest BCUT2D eigenvalue weighted by Crippen LogP contribution is 2.20. The number of carbonyl (C=O) groups is 1. The topological polar surface area (TPSA) is 52.3 Å². The molecule has 2 aromatic rings. The number of nitrogens with two attached hydrogens (primary N) is 1. The van der Waals surface area contributed by atoms with Gasteiger partial charge < -0.3 is 10.5 Å². The second kappa shape index (κ2) is 4.81. The first-order chi connectivity index (χ1) is 7.77. The molecule has 16 heavy (non-hydrogen) atoms. The van der Waals surface area contributed by atoms with E-state index in [1.54, 1.807) is 18.2 Å². The SMILES string of the molecule is Nc1ccccc1OCC(=O)c1cccs1. The highest BCUT2D eigenvalue weighted by Gasteiger charge is 2.08. The zero-order chi connectivity index (χ0) is 11.4. The predicted octanol–water partition coefficient (Wildman–Crippen LogP) is 2.59. The molecule has 4 heteroatoms. The number of hydrogen-bond acceptors (Lipinski definition) is 4. The van der Waals surface area contributed by atoms with Gasteiger partial charge in [-0.3, -0.25) is 4.79 Å². The number of anilines is 1. The van der Waals surface area contributed by atoms with Crippen molar-refractivity contribution >= 4 is 22.8 Å². The first-order valence-electron chi connectivity index (χ1n) is 4.81. The van der Waals surface area contributed by atoms with Crippen LogP contribution < -0.4 is 10.5 Å². The quantitative estimate of drug-likeness (QED) is 0.652. The van der Waals surface area contributed by atoms with Gasteiger partial charge in [0, 0.05) is 0 Å². The Labute approximate surface area is 97.5 Å². The van der Waals surface area contributed by atoms with E-state index in [1.807, 2.05) is 23.6 Å². The lowest BCUT2D eigenvalue weighted by Crippen LogP contribution is -2.10. The predicted molar refractivity (Wildman–Crippen MR) is 65.0 cm³/mol. The van der Waals surface area contributed by atoms with Crippen molar-refractivity contribution in [1.29, 1.82) is 0 Å². The molecule has 0 atom stereocenters. The van der Waals surface area contributed by atoms with Crippen LogP contribution in [0.5, 0.6) is 5.75 Å². The van der Waals surface area contributed by atoms with Gasteiger partial charge in [0.2, 0.25) is 5.78 Å². The molecule has 0 aliphatic rings. The van der Waals surface area contributed by atoms with Crippen LogP contribution in [0.15, 0.2) is 41.8 Å². The normalized spacial score (nSPS) is 10.0. The van der Waals surface area contributed by atoms with Crippen molar-refractivity contribution in [3.8, 4) is 5.75 Å². The van der Waals surface area contributed by atoms with Crippen molar-refractivity contribution in [2.24, 2.45) is 0 Å². The second-order valence-corrected chi connectivity index (χ2v) is 4.17. The number of hydrogen-bond donors (Lipinski definition) is 1. The molecule has 1 aromatic heterocycles. The standard InChI is InChI=1S/C12H11NO2S/c13-9-4-1-2-5-11(9)15-8-10(14)12-6-3-7-16-12/h1-7H,8,13H2. The highest BCUT2D eigenvalue weighted by atomic mass is 32.1. The summed E-state index contributed by atoms with van der Waals surface area (Å²) in [6.45, 7) is 0.0225. The molecule has 82 valence electrons. The number of para-hydroxylation sites is 2. The number of ether oxygens (including phenoxy) is 1. The fourth-order valence-electron chi connectivity index (χ4n) is 1.26. The first kappa shape index (κ1) is 10.7. The van der Waals surface area contributed by atoms with Gasteiger partial charge in [0.1, 0.15) is 5.75 Å². The smallest absolute Gasteiger partial charge is 0.210 e. The molecular weight excluding hydrogens is 222 g/mol. The lowest BCUT2D eigenvalue weighted by molar-refractivity contribution is 0.0926. The Hall–Kier alpha value is -1.81. The molecule has 1 heterocycles. The maximum atomic E-state index is 11.6. The van der Waals surface area contributed by atoms with Gasteiger partial charge in [0.15, 0.2) is 6.61 Å². The van der Waals surface area contributed by atoms with Gasteiger partial charge in [0.25, 0.3) is 0 Å². The lowest BCUT2D eigenvalue weighted by atomic mass is 10.3. The third kappa shape index (κ3) is 2.41. The third-order valence-electron chi connectivity index (χ3n) is 2.07. The third-order valence-corrected chi connectivity index (χ3v) is 2.98. The number of thiophene rings is 1. The van der Waals surface area contributed by atoms with Crippen LogP contribution in [0, 0.1) is 0 Å².